The lowest BCUT2D eigenvalue weighted by molar-refractivity contribution is 0.549. The summed E-state index contributed by atoms with van der Waals surface area (Å²) >= 11 is 0. The van der Waals surface area contributed by atoms with Gasteiger partial charge in [0.15, 0.2) is 0 Å². The number of hydrogen-bond donors (Lipinski definition) is 2. The van der Waals surface area contributed by atoms with Crippen LogP contribution >= 0.6 is 0 Å². The predicted octanol–water partition coefficient (Wildman–Crippen LogP) is 17.8. The fourth-order valence-electron chi connectivity index (χ4n) is 9.40. The van der Waals surface area contributed by atoms with Gasteiger partial charge in [0.1, 0.15) is 0 Å². The highest BCUT2D eigenvalue weighted by atomic mass is 14.5. The lowest BCUT2D eigenvalue weighted by atomic mass is 9.81. The molecule has 0 aliphatic rings. The standard InChI is InChI=1S/C57H86N2/c1-4-7-10-13-16-19-22-25-28-55(47-31-35-49(36-32-47)56(51-39-43-53(58)44-40-51)29-26-23-20-17-14-11-8-5-2)48-33-37-50(38-34-48)57(52-41-45-54(59)46-42-52)30-27-24-21-18-15-12-9-6-3/h31-46,55-57H,4-30,58-59H2,1-3H3. The summed E-state index contributed by atoms with van der Waals surface area (Å²) < 4.78 is 0. The van der Waals surface area contributed by atoms with E-state index in [4.69, 9.17) is 11.5 Å². The molecule has 59 heavy (non-hydrogen) atoms. The van der Waals surface area contributed by atoms with Crippen LogP contribution < -0.4 is 11.5 Å². The van der Waals surface area contributed by atoms with E-state index in [-0.39, 0.29) is 0 Å². The Kier molecular flexibility index (Phi) is 24.2. The van der Waals surface area contributed by atoms with Crippen molar-refractivity contribution in [2.45, 2.75) is 212 Å². The summed E-state index contributed by atoms with van der Waals surface area (Å²) in [6.07, 6.45) is 36.0. The topological polar surface area (TPSA) is 52.0 Å². The first kappa shape index (κ1) is 48.1. The third-order valence-corrected chi connectivity index (χ3v) is 13.2. The zero-order valence-corrected chi connectivity index (χ0v) is 38.2. The molecule has 0 aromatic heterocycles. The fourth-order valence-corrected chi connectivity index (χ4v) is 9.40. The summed E-state index contributed by atoms with van der Waals surface area (Å²) in [6.45, 7) is 6.91. The number of benzene rings is 4. The van der Waals surface area contributed by atoms with Crippen LogP contribution in [0.4, 0.5) is 11.4 Å². The lowest BCUT2D eigenvalue weighted by Gasteiger charge is -2.23. The second kappa shape index (κ2) is 29.7. The Morgan fingerprint density at radius 1 is 0.254 bits per heavy atom. The molecule has 0 aliphatic carbocycles. The van der Waals surface area contributed by atoms with Crippen LogP contribution in [0.25, 0.3) is 0 Å². The average Bonchev–Trinajstić information content (AvgIpc) is 3.26. The van der Waals surface area contributed by atoms with Crippen molar-refractivity contribution in [1.29, 1.82) is 0 Å². The summed E-state index contributed by atoms with van der Waals surface area (Å²) in [7, 11) is 0. The van der Waals surface area contributed by atoms with Crippen LogP contribution in [0.1, 0.15) is 245 Å². The summed E-state index contributed by atoms with van der Waals surface area (Å²) in [5.74, 6) is 1.21. The van der Waals surface area contributed by atoms with Gasteiger partial charge in [-0.15, -0.1) is 0 Å². The average molecular weight is 799 g/mol. The van der Waals surface area contributed by atoms with Crippen LogP contribution in [0, 0.1) is 0 Å². The number of rotatable bonds is 33. The quantitative estimate of drug-likeness (QED) is 0.0373. The second-order valence-electron chi connectivity index (χ2n) is 18.1. The van der Waals surface area contributed by atoms with E-state index in [1.54, 1.807) is 0 Å². The van der Waals surface area contributed by atoms with E-state index in [0.29, 0.717) is 17.8 Å². The molecule has 0 heterocycles. The Hall–Kier alpha value is -3.52. The van der Waals surface area contributed by atoms with Crippen LogP contribution in [0.5, 0.6) is 0 Å². The first-order valence-corrected chi connectivity index (χ1v) is 24.9. The van der Waals surface area contributed by atoms with Gasteiger partial charge in [0.2, 0.25) is 0 Å². The molecule has 4 rings (SSSR count). The highest BCUT2D eigenvalue weighted by molar-refractivity contribution is 5.45. The summed E-state index contributed by atoms with van der Waals surface area (Å²) in [6, 6.07) is 37.1. The van der Waals surface area contributed by atoms with Crippen LogP contribution in [-0.4, -0.2) is 0 Å². The molecule has 324 valence electrons. The monoisotopic (exact) mass is 799 g/mol. The number of nitrogens with two attached hydrogens (primary N) is 2. The van der Waals surface area contributed by atoms with Crippen molar-refractivity contribution in [1.82, 2.24) is 0 Å². The van der Waals surface area contributed by atoms with Gasteiger partial charge >= 0.3 is 0 Å². The minimum Gasteiger partial charge on any atom is -0.399 e. The zero-order chi connectivity index (χ0) is 41.8. The van der Waals surface area contributed by atoms with E-state index in [1.165, 1.54) is 207 Å². The van der Waals surface area contributed by atoms with Gasteiger partial charge in [0.25, 0.3) is 0 Å². The van der Waals surface area contributed by atoms with Crippen molar-refractivity contribution in [2.75, 3.05) is 11.5 Å². The highest BCUT2D eigenvalue weighted by Gasteiger charge is 2.20. The van der Waals surface area contributed by atoms with Crippen molar-refractivity contribution in [3.05, 3.63) is 130 Å². The van der Waals surface area contributed by atoms with E-state index in [0.717, 1.165) is 11.4 Å². The minimum absolute atomic E-state index is 0.404. The summed E-state index contributed by atoms with van der Waals surface area (Å²) in [5, 5.41) is 0. The fraction of sp³-hybridized carbons (Fsp3) is 0.579. The van der Waals surface area contributed by atoms with Crippen LogP contribution in [0.3, 0.4) is 0 Å². The van der Waals surface area contributed by atoms with Gasteiger partial charge in [-0.05, 0) is 76.9 Å². The van der Waals surface area contributed by atoms with Gasteiger partial charge < -0.3 is 11.5 Å². The van der Waals surface area contributed by atoms with Crippen molar-refractivity contribution >= 4 is 11.4 Å². The molecule has 0 amide bonds. The molecule has 4 N–H and O–H groups in total. The maximum absolute atomic E-state index is 6.16. The Balaban J connectivity index is 1.50. The highest BCUT2D eigenvalue weighted by Crippen LogP contribution is 2.37. The molecule has 0 aliphatic heterocycles. The molecule has 0 bridgehead atoms. The number of hydrogen-bond acceptors (Lipinski definition) is 2. The van der Waals surface area contributed by atoms with Gasteiger partial charge in [-0.3, -0.25) is 0 Å². The van der Waals surface area contributed by atoms with Gasteiger partial charge in [-0.25, -0.2) is 0 Å². The minimum atomic E-state index is 0.404. The van der Waals surface area contributed by atoms with Crippen LogP contribution in [-0.2, 0) is 0 Å². The van der Waals surface area contributed by atoms with Crippen LogP contribution in [0.2, 0.25) is 0 Å². The molecule has 2 atom stereocenters. The van der Waals surface area contributed by atoms with Crippen molar-refractivity contribution < 1.29 is 0 Å². The molecule has 0 fully saturated rings. The van der Waals surface area contributed by atoms with E-state index in [9.17, 15) is 0 Å². The van der Waals surface area contributed by atoms with Gasteiger partial charge in [0, 0.05) is 29.1 Å². The van der Waals surface area contributed by atoms with E-state index in [1.807, 2.05) is 0 Å². The largest absolute Gasteiger partial charge is 0.399 e. The Morgan fingerprint density at radius 3 is 0.627 bits per heavy atom. The zero-order valence-electron chi connectivity index (χ0n) is 38.2. The second-order valence-corrected chi connectivity index (χ2v) is 18.1. The molecule has 4 aromatic carbocycles. The van der Waals surface area contributed by atoms with Crippen molar-refractivity contribution in [3.63, 3.8) is 0 Å². The Labute approximate surface area is 363 Å². The predicted molar refractivity (Wildman–Crippen MR) is 262 cm³/mol. The SMILES string of the molecule is CCCCCCCCCCC(c1ccc(N)cc1)c1ccc(C(CCCCCCCCCC)c2ccc(C(CCCCCCCCCC)c3ccc(N)cc3)cc2)cc1. The van der Waals surface area contributed by atoms with Gasteiger partial charge in [-0.1, -0.05) is 248 Å². The molecular weight excluding hydrogens is 713 g/mol. The third kappa shape index (κ3) is 18.3. The van der Waals surface area contributed by atoms with E-state index >= 15 is 0 Å². The molecule has 0 spiro atoms. The van der Waals surface area contributed by atoms with E-state index < -0.39 is 0 Å². The molecule has 4 aromatic rings. The maximum Gasteiger partial charge on any atom is 0.0314 e. The molecule has 2 heteroatoms. The Morgan fingerprint density at radius 2 is 0.424 bits per heavy atom. The molecule has 0 saturated heterocycles. The molecular formula is C57H86N2. The first-order chi connectivity index (χ1) is 29.0. The van der Waals surface area contributed by atoms with Crippen molar-refractivity contribution in [3.8, 4) is 0 Å². The maximum atomic E-state index is 6.16. The third-order valence-electron chi connectivity index (χ3n) is 13.2. The van der Waals surface area contributed by atoms with Crippen molar-refractivity contribution in [2.24, 2.45) is 0 Å². The number of nitrogen functional groups attached to an aromatic ring is 2. The lowest BCUT2D eigenvalue weighted by Crippen LogP contribution is -2.06. The van der Waals surface area contributed by atoms with Crippen LogP contribution in [0.15, 0.2) is 97.1 Å². The normalized spacial score (nSPS) is 13.1. The summed E-state index contributed by atoms with van der Waals surface area (Å²) in [4.78, 5) is 0. The Bertz CT molecular complexity index is 1470. The molecule has 0 radical (unpaired) electrons. The smallest absolute Gasteiger partial charge is 0.0314 e. The van der Waals surface area contributed by atoms with Gasteiger partial charge in [-0.2, -0.15) is 0 Å². The summed E-state index contributed by atoms with van der Waals surface area (Å²) in [5.41, 5.74) is 22.6. The first-order valence-electron chi connectivity index (χ1n) is 24.9. The van der Waals surface area contributed by atoms with Gasteiger partial charge in [0.05, 0.1) is 0 Å². The number of unbranched alkanes of at least 4 members (excludes halogenated alkanes) is 21. The molecule has 0 saturated carbocycles. The molecule has 2 nitrogen and oxygen atoms in total. The molecule has 2 unspecified atom stereocenters. The number of anilines is 2. The van der Waals surface area contributed by atoms with E-state index in [2.05, 4.69) is 118 Å².